The summed E-state index contributed by atoms with van der Waals surface area (Å²) in [6.07, 6.45) is 1.72. The average Bonchev–Trinajstić information content (AvgIpc) is 2.49. The summed E-state index contributed by atoms with van der Waals surface area (Å²) in [5.74, 6) is 1.18. The third-order valence-corrected chi connectivity index (χ3v) is 3.51. The Bertz CT molecular complexity index is 674. The van der Waals surface area contributed by atoms with Crippen LogP contribution in [0.25, 0.3) is 0 Å². The summed E-state index contributed by atoms with van der Waals surface area (Å²) in [6, 6.07) is 9.13. The van der Waals surface area contributed by atoms with Crippen LogP contribution in [0, 0.1) is 6.92 Å². The van der Waals surface area contributed by atoms with E-state index in [0.29, 0.717) is 17.4 Å². The van der Waals surface area contributed by atoms with E-state index in [-0.39, 0.29) is 12.5 Å². The first-order valence-corrected chi connectivity index (χ1v) is 7.59. The first-order valence-electron chi connectivity index (χ1n) is 7.21. The number of nitrogens with zero attached hydrogens (tertiary/aromatic N) is 2. The van der Waals surface area contributed by atoms with Crippen LogP contribution in [0.2, 0.25) is 5.02 Å². The van der Waals surface area contributed by atoms with E-state index in [0.717, 1.165) is 16.9 Å². The van der Waals surface area contributed by atoms with Crippen molar-refractivity contribution in [2.24, 2.45) is 0 Å². The van der Waals surface area contributed by atoms with E-state index in [1.165, 1.54) is 0 Å². The molecule has 1 aromatic carbocycles. The largest absolute Gasteiger partial charge is 0.496 e. The molecule has 1 aromatic heterocycles. The van der Waals surface area contributed by atoms with E-state index in [2.05, 4.69) is 10.3 Å². The number of benzene rings is 1. The lowest BCUT2D eigenvalue weighted by atomic mass is 10.2. The molecule has 0 unspecified atom stereocenters. The summed E-state index contributed by atoms with van der Waals surface area (Å²) < 4.78 is 5.32. The Morgan fingerprint density at radius 1 is 1.35 bits per heavy atom. The maximum absolute atomic E-state index is 12.1. The molecule has 0 saturated heterocycles. The zero-order valence-electron chi connectivity index (χ0n) is 13.5. The molecule has 23 heavy (non-hydrogen) atoms. The molecule has 1 heterocycles. The lowest BCUT2D eigenvalue weighted by molar-refractivity contribution is -0.117. The molecule has 5 nitrogen and oxygen atoms in total. The van der Waals surface area contributed by atoms with Gasteiger partial charge in [0.05, 0.1) is 13.7 Å². The van der Waals surface area contributed by atoms with Gasteiger partial charge in [0.15, 0.2) is 0 Å². The van der Waals surface area contributed by atoms with Gasteiger partial charge in [-0.05, 0) is 43.8 Å². The average molecular weight is 334 g/mol. The van der Waals surface area contributed by atoms with Gasteiger partial charge in [-0.25, -0.2) is 4.98 Å². The molecule has 0 radical (unpaired) electrons. The van der Waals surface area contributed by atoms with Gasteiger partial charge in [0.1, 0.15) is 11.6 Å². The van der Waals surface area contributed by atoms with Crippen molar-refractivity contribution in [3.05, 3.63) is 52.7 Å². The van der Waals surface area contributed by atoms with Crippen molar-refractivity contribution in [3.8, 4) is 5.75 Å². The number of halogens is 1. The molecular weight excluding hydrogens is 314 g/mol. The van der Waals surface area contributed by atoms with Crippen LogP contribution in [-0.2, 0) is 11.3 Å². The van der Waals surface area contributed by atoms with Gasteiger partial charge in [0.25, 0.3) is 0 Å². The molecule has 2 aromatic rings. The monoisotopic (exact) mass is 333 g/mol. The number of ether oxygens (including phenoxy) is 1. The fourth-order valence-corrected chi connectivity index (χ4v) is 2.38. The molecule has 1 amide bonds. The number of amides is 1. The second-order valence-electron chi connectivity index (χ2n) is 5.40. The van der Waals surface area contributed by atoms with Crippen molar-refractivity contribution >= 4 is 23.3 Å². The van der Waals surface area contributed by atoms with Crippen LogP contribution in [0.4, 0.5) is 5.82 Å². The van der Waals surface area contributed by atoms with Crippen LogP contribution in [0.1, 0.15) is 11.1 Å². The molecule has 122 valence electrons. The number of nitrogens with one attached hydrogen (secondary N) is 1. The van der Waals surface area contributed by atoms with Gasteiger partial charge in [-0.3, -0.25) is 9.69 Å². The number of rotatable bonds is 6. The van der Waals surface area contributed by atoms with Gasteiger partial charge in [-0.2, -0.15) is 0 Å². The Morgan fingerprint density at radius 2 is 2.13 bits per heavy atom. The van der Waals surface area contributed by atoms with Gasteiger partial charge in [-0.1, -0.05) is 17.7 Å². The van der Waals surface area contributed by atoms with Crippen molar-refractivity contribution in [2.75, 3.05) is 26.0 Å². The Kier molecular flexibility index (Phi) is 5.96. The molecule has 0 aliphatic carbocycles. The van der Waals surface area contributed by atoms with Gasteiger partial charge < -0.3 is 10.1 Å². The number of hydrogen-bond donors (Lipinski definition) is 1. The molecule has 1 N–H and O–H groups in total. The van der Waals surface area contributed by atoms with E-state index in [1.807, 2.05) is 37.1 Å². The number of carbonyl (C=O) groups excluding carboxylic acids is 1. The normalized spacial score (nSPS) is 10.7. The minimum atomic E-state index is -0.121. The zero-order valence-corrected chi connectivity index (χ0v) is 14.2. The van der Waals surface area contributed by atoms with E-state index in [4.69, 9.17) is 16.3 Å². The first kappa shape index (κ1) is 17.2. The highest BCUT2D eigenvalue weighted by Crippen LogP contribution is 2.23. The molecule has 0 saturated carbocycles. The zero-order chi connectivity index (χ0) is 16.8. The summed E-state index contributed by atoms with van der Waals surface area (Å²) in [5.41, 5.74) is 1.98. The Hall–Kier alpha value is -2.11. The second kappa shape index (κ2) is 7.94. The molecule has 0 atom stereocenters. The topological polar surface area (TPSA) is 54.5 Å². The molecule has 0 aliphatic rings. The molecular formula is C17H20ClN3O2. The van der Waals surface area contributed by atoms with E-state index in [9.17, 15) is 4.79 Å². The van der Waals surface area contributed by atoms with Crippen LogP contribution >= 0.6 is 11.6 Å². The molecule has 0 aliphatic heterocycles. The minimum absolute atomic E-state index is 0.121. The molecule has 0 bridgehead atoms. The fraction of sp³-hybridized carbons (Fsp3) is 0.294. The number of methoxy groups -OCH3 is 1. The van der Waals surface area contributed by atoms with Crippen molar-refractivity contribution < 1.29 is 9.53 Å². The number of aryl methyl sites for hydroxylation is 1. The number of aromatic nitrogens is 1. The molecule has 0 spiro atoms. The van der Waals surface area contributed by atoms with Crippen molar-refractivity contribution in [1.29, 1.82) is 0 Å². The lowest BCUT2D eigenvalue weighted by Crippen LogP contribution is -2.30. The quantitative estimate of drug-likeness (QED) is 0.882. The first-order chi connectivity index (χ1) is 11.0. The van der Waals surface area contributed by atoms with Crippen LogP contribution in [0.15, 0.2) is 36.5 Å². The summed E-state index contributed by atoms with van der Waals surface area (Å²) in [5, 5.41) is 3.42. The van der Waals surface area contributed by atoms with E-state index < -0.39 is 0 Å². The maximum Gasteiger partial charge on any atom is 0.239 e. The Labute approximate surface area is 141 Å². The molecule has 0 fully saturated rings. The highest BCUT2D eigenvalue weighted by atomic mass is 35.5. The molecule has 2 rings (SSSR count). The Morgan fingerprint density at radius 3 is 2.78 bits per heavy atom. The smallest absolute Gasteiger partial charge is 0.239 e. The van der Waals surface area contributed by atoms with Gasteiger partial charge >= 0.3 is 0 Å². The molecule has 6 heteroatoms. The summed E-state index contributed by atoms with van der Waals surface area (Å²) in [4.78, 5) is 18.1. The van der Waals surface area contributed by atoms with Gasteiger partial charge in [0.2, 0.25) is 5.91 Å². The lowest BCUT2D eigenvalue weighted by Gasteiger charge is -2.18. The predicted octanol–water partition coefficient (Wildman–Crippen LogP) is 3.12. The number of likely N-dealkylation sites (N-methyl/N-ethyl adjacent to an activating group) is 1. The van der Waals surface area contributed by atoms with Gasteiger partial charge in [-0.15, -0.1) is 0 Å². The summed E-state index contributed by atoms with van der Waals surface area (Å²) >= 11 is 6.02. The number of hydrogen-bond acceptors (Lipinski definition) is 4. The standard InChI is InChI=1S/C17H20ClN3O2/c1-12-4-7-16(19-9-12)20-17(22)11-21(2)10-13-8-14(18)5-6-15(13)23-3/h4-9H,10-11H2,1-3H3,(H,19,20,22). The Balaban J connectivity index is 1.93. The third-order valence-electron chi connectivity index (χ3n) is 3.28. The van der Waals surface area contributed by atoms with Crippen molar-refractivity contribution in [3.63, 3.8) is 0 Å². The number of pyridine rings is 1. The highest BCUT2D eigenvalue weighted by Gasteiger charge is 2.11. The predicted molar refractivity (Wildman–Crippen MR) is 91.9 cm³/mol. The summed E-state index contributed by atoms with van der Waals surface area (Å²) in [6.45, 7) is 2.74. The van der Waals surface area contributed by atoms with Crippen LogP contribution < -0.4 is 10.1 Å². The number of carbonyl (C=O) groups is 1. The second-order valence-corrected chi connectivity index (χ2v) is 5.83. The third kappa shape index (κ3) is 5.23. The van der Waals surface area contributed by atoms with E-state index in [1.54, 1.807) is 25.4 Å². The summed E-state index contributed by atoms with van der Waals surface area (Å²) in [7, 11) is 3.48. The van der Waals surface area contributed by atoms with Crippen molar-refractivity contribution in [2.45, 2.75) is 13.5 Å². The van der Waals surface area contributed by atoms with Crippen LogP contribution in [0.5, 0.6) is 5.75 Å². The van der Waals surface area contributed by atoms with E-state index >= 15 is 0 Å². The van der Waals surface area contributed by atoms with Crippen molar-refractivity contribution in [1.82, 2.24) is 9.88 Å². The van der Waals surface area contributed by atoms with Crippen LogP contribution in [-0.4, -0.2) is 36.5 Å². The minimum Gasteiger partial charge on any atom is -0.496 e. The van der Waals surface area contributed by atoms with Crippen LogP contribution in [0.3, 0.4) is 0 Å². The maximum atomic E-state index is 12.1. The highest BCUT2D eigenvalue weighted by molar-refractivity contribution is 6.30. The van der Waals surface area contributed by atoms with Gasteiger partial charge in [0, 0.05) is 23.3 Å². The SMILES string of the molecule is COc1ccc(Cl)cc1CN(C)CC(=O)Nc1ccc(C)cn1. The fourth-order valence-electron chi connectivity index (χ4n) is 2.19. The number of anilines is 1.